The van der Waals surface area contributed by atoms with E-state index in [0.717, 1.165) is 37.0 Å². The molecule has 8 heteroatoms. The van der Waals surface area contributed by atoms with Crippen LogP contribution in [-0.2, 0) is 15.1 Å². The summed E-state index contributed by atoms with van der Waals surface area (Å²) < 4.78 is 12.1. The van der Waals surface area contributed by atoms with Crippen LogP contribution in [-0.4, -0.2) is 72.4 Å². The Bertz CT molecular complexity index is 1220. The highest BCUT2D eigenvalue weighted by Crippen LogP contribution is 2.38. The summed E-state index contributed by atoms with van der Waals surface area (Å²) in [5.41, 5.74) is -0.527. The summed E-state index contributed by atoms with van der Waals surface area (Å²) in [5, 5.41) is 14.8. The van der Waals surface area contributed by atoms with Gasteiger partial charge in [0, 0.05) is 25.0 Å². The van der Waals surface area contributed by atoms with Crippen LogP contribution in [0.3, 0.4) is 0 Å². The van der Waals surface area contributed by atoms with Crippen molar-refractivity contribution in [1.29, 1.82) is 0 Å². The highest BCUT2D eigenvalue weighted by atomic mass is 16.6. The van der Waals surface area contributed by atoms with Gasteiger partial charge in [-0.3, -0.25) is 4.79 Å². The third-order valence-corrected chi connectivity index (χ3v) is 8.06. The van der Waals surface area contributed by atoms with Gasteiger partial charge in [-0.25, -0.2) is 9.78 Å². The summed E-state index contributed by atoms with van der Waals surface area (Å²) >= 11 is 0. The van der Waals surface area contributed by atoms with E-state index in [9.17, 15) is 14.7 Å². The number of quaternary nitrogens is 1. The summed E-state index contributed by atoms with van der Waals surface area (Å²) in [7, 11) is 1.49. The molecule has 6 rings (SSSR count). The summed E-state index contributed by atoms with van der Waals surface area (Å²) in [4.78, 5) is 30.5. The molecule has 3 saturated heterocycles. The highest BCUT2D eigenvalue weighted by Gasteiger charge is 2.50. The first-order valence-electron chi connectivity index (χ1n) is 13.1. The van der Waals surface area contributed by atoms with Crippen LogP contribution in [0.1, 0.15) is 34.3 Å². The van der Waals surface area contributed by atoms with Crippen LogP contribution >= 0.6 is 0 Å². The average molecular weight is 517 g/mol. The van der Waals surface area contributed by atoms with Crippen LogP contribution in [0.4, 0.5) is 0 Å². The van der Waals surface area contributed by atoms with Crippen LogP contribution in [0.15, 0.2) is 79.0 Å². The number of nitrogens with one attached hydrogen (secondary N) is 1. The third-order valence-electron chi connectivity index (χ3n) is 8.06. The Kier molecular flexibility index (Phi) is 7.44. The number of fused-ring (bicyclic) bond motifs is 3. The zero-order chi connectivity index (χ0) is 26.6. The SMILES string of the molecule is COc1ncccc1C(=O)NCC[N+]12CCC(CC1)[C@@H](OC(=O)C(O)(c1ccccc1)c1ccccc1)C2. The lowest BCUT2D eigenvalue weighted by molar-refractivity contribution is -0.945. The summed E-state index contributed by atoms with van der Waals surface area (Å²) in [6.45, 7) is 3.85. The van der Waals surface area contributed by atoms with Crippen LogP contribution in [0.5, 0.6) is 5.88 Å². The van der Waals surface area contributed by atoms with E-state index in [1.165, 1.54) is 7.11 Å². The lowest BCUT2D eigenvalue weighted by Crippen LogP contribution is -2.66. The molecule has 0 aliphatic carbocycles. The number of carbonyl (C=O) groups excluding carboxylic acids is 2. The van der Waals surface area contributed by atoms with Crippen molar-refractivity contribution in [3.63, 3.8) is 0 Å². The van der Waals surface area contributed by atoms with E-state index in [0.29, 0.717) is 35.7 Å². The van der Waals surface area contributed by atoms with Gasteiger partial charge in [0.05, 0.1) is 33.3 Å². The van der Waals surface area contributed by atoms with Crippen molar-refractivity contribution in [3.05, 3.63) is 95.7 Å². The van der Waals surface area contributed by atoms with E-state index in [-0.39, 0.29) is 17.9 Å². The van der Waals surface area contributed by atoms with Crippen molar-refractivity contribution < 1.29 is 28.7 Å². The van der Waals surface area contributed by atoms with Crippen molar-refractivity contribution in [1.82, 2.24) is 10.3 Å². The monoisotopic (exact) mass is 516 g/mol. The second kappa shape index (κ2) is 10.9. The maximum absolute atomic E-state index is 13.7. The number of hydrogen-bond acceptors (Lipinski definition) is 6. The van der Waals surface area contributed by atoms with E-state index in [4.69, 9.17) is 9.47 Å². The first-order chi connectivity index (χ1) is 18.4. The molecule has 8 nitrogen and oxygen atoms in total. The molecule has 4 heterocycles. The number of esters is 1. The van der Waals surface area contributed by atoms with Crippen molar-refractivity contribution in [2.75, 3.05) is 39.8 Å². The Labute approximate surface area is 222 Å². The number of amides is 1. The fourth-order valence-corrected chi connectivity index (χ4v) is 5.88. The second-order valence-electron chi connectivity index (χ2n) is 10.2. The number of nitrogens with zero attached hydrogens (tertiary/aromatic N) is 2. The number of rotatable bonds is 9. The Hall–Kier alpha value is -3.75. The summed E-state index contributed by atoms with van der Waals surface area (Å²) in [6, 6.07) is 21.3. The molecule has 38 heavy (non-hydrogen) atoms. The smallest absolute Gasteiger partial charge is 0.348 e. The van der Waals surface area contributed by atoms with Crippen LogP contribution < -0.4 is 10.1 Å². The number of aromatic nitrogens is 1. The minimum Gasteiger partial charge on any atom is -0.480 e. The largest absolute Gasteiger partial charge is 0.480 e. The molecular weight excluding hydrogens is 482 g/mol. The number of carbonyl (C=O) groups is 2. The number of hydrogen-bond donors (Lipinski definition) is 2. The van der Waals surface area contributed by atoms with Gasteiger partial charge in [-0.15, -0.1) is 0 Å². The lowest BCUT2D eigenvalue weighted by Gasteiger charge is -2.52. The fourth-order valence-electron chi connectivity index (χ4n) is 5.88. The lowest BCUT2D eigenvalue weighted by atomic mass is 9.82. The predicted molar refractivity (Wildman–Crippen MR) is 141 cm³/mol. The highest BCUT2D eigenvalue weighted by molar-refractivity contribution is 5.96. The number of methoxy groups -OCH3 is 1. The minimum absolute atomic E-state index is 0.223. The Balaban J connectivity index is 1.27. The van der Waals surface area contributed by atoms with Crippen LogP contribution in [0.25, 0.3) is 0 Å². The predicted octanol–water partition coefficient (Wildman–Crippen LogP) is 2.91. The average Bonchev–Trinajstić information content (AvgIpc) is 2.98. The maximum Gasteiger partial charge on any atom is 0.348 e. The number of piperidine rings is 3. The standard InChI is InChI=1S/C30H33N3O5/c1-37-28-25(13-8-16-32-28)27(34)31-17-20-33-18-14-22(15-19-33)26(21-33)38-29(35)30(36,23-9-4-2-5-10-23)24-11-6-3-7-12-24/h2-13,16,22,26,36H,14-15,17-21H2,1H3/p+1/t22?,26-,33?/m0/s1. The summed E-state index contributed by atoms with van der Waals surface area (Å²) in [6.07, 6.45) is 3.18. The number of benzene rings is 2. The van der Waals surface area contributed by atoms with E-state index >= 15 is 0 Å². The van der Waals surface area contributed by atoms with Crippen molar-refractivity contribution in [2.45, 2.75) is 24.5 Å². The van der Waals surface area contributed by atoms with Gasteiger partial charge in [-0.1, -0.05) is 60.7 Å². The van der Waals surface area contributed by atoms with Crippen LogP contribution in [0, 0.1) is 5.92 Å². The van der Waals surface area contributed by atoms with Gasteiger partial charge >= 0.3 is 5.97 Å². The number of ether oxygens (including phenoxy) is 2. The normalized spacial score (nSPS) is 22.5. The molecule has 1 amide bonds. The van der Waals surface area contributed by atoms with E-state index in [1.54, 1.807) is 66.9 Å². The first-order valence-corrected chi connectivity index (χ1v) is 13.1. The van der Waals surface area contributed by atoms with Gasteiger partial charge in [-0.2, -0.15) is 0 Å². The molecule has 198 valence electrons. The molecule has 0 saturated carbocycles. The Morgan fingerprint density at radius 3 is 2.24 bits per heavy atom. The third kappa shape index (κ3) is 5.01. The minimum atomic E-state index is -1.89. The molecule has 0 spiro atoms. The Morgan fingerprint density at radius 2 is 1.63 bits per heavy atom. The molecule has 3 fully saturated rings. The van der Waals surface area contributed by atoms with E-state index in [2.05, 4.69) is 10.3 Å². The van der Waals surface area contributed by atoms with Crippen molar-refractivity contribution in [2.24, 2.45) is 5.92 Å². The Morgan fingerprint density at radius 1 is 1.00 bits per heavy atom. The molecule has 2 aromatic carbocycles. The molecule has 1 aromatic heterocycles. The topological polar surface area (TPSA) is 97.8 Å². The zero-order valence-electron chi connectivity index (χ0n) is 21.6. The molecule has 1 atom stereocenters. The molecule has 3 aromatic rings. The number of pyridine rings is 1. The first kappa shape index (κ1) is 25.9. The fraction of sp³-hybridized carbons (Fsp3) is 0.367. The molecular formula is C30H34N3O5+. The number of aliphatic hydroxyl groups is 1. The van der Waals surface area contributed by atoms with Crippen LogP contribution in [0.2, 0.25) is 0 Å². The molecule has 3 aliphatic heterocycles. The van der Waals surface area contributed by atoms with Crippen molar-refractivity contribution in [3.8, 4) is 5.88 Å². The maximum atomic E-state index is 13.7. The summed E-state index contributed by atoms with van der Waals surface area (Å²) in [5.74, 6) is -0.307. The van der Waals surface area contributed by atoms with Gasteiger partial charge in [0.15, 0.2) is 6.10 Å². The molecule has 0 radical (unpaired) electrons. The molecule has 3 aliphatic rings. The van der Waals surface area contributed by atoms with E-state index in [1.807, 2.05) is 12.1 Å². The zero-order valence-corrected chi connectivity index (χ0v) is 21.6. The quantitative estimate of drug-likeness (QED) is 0.335. The molecule has 0 unspecified atom stereocenters. The van der Waals surface area contributed by atoms with Gasteiger partial charge < -0.3 is 24.4 Å². The van der Waals surface area contributed by atoms with Gasteiger partial charge in [0.1, 0.15) is 12.1 Å². The molecule has 2 N–H and O–H groups in total. The molecule has 2 bridgehead atoms. The van der Waals surface area contributed by atoms with E-state index < -0.39 is 11.6 Å². The van der Waals surface area contributed by atoms with Crippen molar-refractivity contribution >= 4 is 11.9 Å². The van der Waals surface area contributed by atoms with Gasteiger partial charge in [-0.05, 0) is 23.3 Å². The van der Waals surface area contributed by atoms with Gasteiger partial charge in [0.25, 0.3) is 5.91 Å². The second-order valence-corrected chi connectivity index (χ2v) is 10.2. The van der Waals surface area contributed by atoms with Gasteiger partial charge in [0.2, 0.25) is 11.5 Å².